The molecule has 0 radical (unpaired) electrons. The molecule has 1 aromatic carbocycles. The van der Waals surface area contributed by atoms with Crippen molar-refractivity contribution in [3.05, 3.63) is 28.2 Å². The lowest BCUT2D eigenvalue weighted by Crippen LogP contribution is -2.27. The third kappa shape index (κ3) is 5.63. The molecular formula is C18H29BrN2. The van der Waals surface area contributed by atoms with Gasteiger partial charge in [-0.25, -0.2) is 0 Å². The molecule has 0 atom stereocenters. The summed E-state index contributed by atoms with van der Waals surface area (Å²) < 4.78 is 1.24. The summed E-state index contributed by atoms with van der Waals surface area (Å²) in [6, 6.07) is 6.84. The Hall–Kier alpha value is -0.540. The van der Waals surface area contributed by atoms with Gasteiger partial charge in [0.2, 0.25) is 0 Å². The minimum Gasteiger partial charge on any atom is -0.371 e. The Bertz CT molecular complexity index is 423. The molecule has 1 aromatic rings. The fraction of sp³-hybridized carbons (Fsp3) is 0.667. The molecule has 2 nitrogen and oxygen atoms in total. The van der Waals surface area contributed by atoms with Crippen LogP contribution in [0, 0.1) is 5.92 Å². The standard InChI is InChI=1S/C18H29BrN2/c1-15(2)13-20-14-16-8-9-18(17(19)12-16)21-10-6-4-3-5-7-11-21/h8-9,12,15,20H,3-7,10-11,13-14H2,1-2H3. The maximum atomic E-state index is 3.78. The minimum absolute atomic E-state index is 0.703. The summed E-state index contributed by atoms with van der Waals surface area (Å²) in [5.41, 5.74) is 2.72. The van der Waals surface area contributed by atoms with Gasteiger partial charge in [0.1, 0.15) is 0 Å². The third-order valence-electron chi connectivity index (χ3n) is 4.09. The van der Waals surface area contributed by atoms with Gasteiger partial charge in [0.05, 0.1) is 5.69 Å². The van der Waals surface area contributed by atoms with Crippen LogP contribution in [0.1, 0.15) is 51.5 Å². The summed E-state index contributed by atoms with van der Waals surface area (Å²) in [5.74, 6) is 0.703. The topological polar surface area (TPSA) is 15.3 Å². The van der Waals surface area contributed by atoms with Crippen molar-refractivity contribution in [2.24, 2.45) is 5.92 Å². The van der Waals surface area contributed by atoms with Crippen molar-refractivity contribution < 1.29 is 0 Å². The van der Waals surface area contributed by atoms with Crippen LogP contribution in [0.15, 0.2) is 22.7 Å². The van der Waals surface area contributed by atoms with Gasteiger partial charge in [-0.3, -0.25) is 0 Å². The average molecular weight is 353 g/mol. The number of halogens is 1. The van der Waals surface area contributed by atoms with E-state index in [0.717, 1.165) is 13.1 Å². The molecule has 1 aliphatic rings. The predicted octanol–water partition coefficient (Wildman–Crippen LogP) is 4.97. The molecule has 3 heteroatoms. The van der Waals surface area contributed by atoms with Crippen LogP contribution in [0.4, 0.5) is 5.69 Å². The number of nitrogens with zero attached hydrogens (tertiary/aromatic N) is 1. The second kappa shape index (κ2) is 8.79. The fourth-order valence-electron chi connectivity index (χ4n) is 2.91. The lowest BCUT2D eigenvalue weighted by Gasteiger charge is -2.28. The zero-order chi connectivity index (χ0) is 15.1. The van der Waals surface area contributed by atoms with E-state index in [1.54, 1.807) is 0 Å². The Morgan fingerprint density at radius 1 is 1.10 bits per heavy atom. The molecule has 0 aromatic heterocycles. The van der Waals surface area contributed by atoms with Gasteiger partial charge in [-0.1, -0.05) is 39.2 Å². The maximum Gasteiger partial charge on any atom is 0.0510 e. The second-order valence-corrected chi connectivity index (χ2v) is 7.42. The molecule has 0 saturated carbocycles. The van der Waals surface area contributed by atoms with E-state index < -0.39 is 0 Å². The Balaban J connectivity index is 1.97. The van der Waals surface area contributed by atoms with E-state index in [0.29, 0.717) is 5.92 Å². The molecule has 2 rings (SSSR count). The van der Waals surface area contributed by atoms with E-state index in [2.05, 4.69) is 58.2 Å². The van der Waals surface area contributed by atoms with Crippen LogP contribution in [-0.2, 0) is 6.54 Å². The Labute approximate surface area is 138 Å². The molecule has 1 heterocycles. The minimum atomic E-state index is 0.703. The first kappa shape index (κ1) is 16.8. The zero-order valence-electron chi connectivity index (χ0n) is 13.5. The van der Waals surface area contributed by atoms with Crippen molar-refractivity contribution in [2.75, 3.05) is 24.5 Å². The number of nitrogens with one attached hydrogen (secondary N) is 1. The summed E-state index contributed by atoms with van der Waals surface area (Å²) in [5, 5.41) is 3.51. The van der Waals surface area contributed by atoms with Crippen LogP contribution < -0.4 is 10.2 Å². The first-order valence-corrected chi connectivity index (χ1v) is 9.20. The molecular weight excluding hydrogens is 324 g/mol. The molecule has 0 spiro atoms. The summed E-state index contributed by atoms with van der Waals surface area (Å²) in [7, 11) is 0. The fourth-order valence-corrected chi connectivity index (χ4v) is 3.59. The quantitative estimate of drug-likeness (QED) is 0.804. The van der Waals surface area contributed by atoms with Crippen LogP contribution >= 0.6 is 15.9 Å². The average Bonchev–Trinajstić information content (AvgIpc) is 2.39. The molecule has 118 valence electrons. The monoisotopic (exact) mass is 352 g/mol. The number of hydrogen-bond acceptors (Lipinski definition) is 2. The SMILES string of the molecule is CC(C)CNCc1ccc(N2CCCCCCC2)c(Br)c1. The highest BCUT2D eigenvalue weighted by Gasteiger charge is 2.12. The Morgan fingerprint density at radius 2 is 1.76 bits per heavy atom. The summed E-state index contributed by atoms with van der Waals surface area (Å²) in [4.78, 5) is 2.55. The smallest absolute Gasteiger partial charge is 0.0510 e. The van der Waals surface area contributed by atoms with Crippen LogP contribution in [0.25, 0.3) is 0 Å². The molecule has 21 heavy (non-hydrogen) atoms. The van der Waals surface area contributed by atoms with E-state index in [-0.39, 0.29) is 0 Å². The van der Waals surface area contributed by atoms with Gasteiger partial charge in [0.25, 0.3) is 0 Å². The lowest BCUT2D eigenvalue weighted by atomic mass is 10.1. The summed E-state index contributed by atoms with van der Waals surface area (Å²) in [6.45, 7) is 8.91. The predicted molar refractivity (Wildman–Crippen MR) is 96.0 cm³/mol. The van der Waals surface area contributed by atoms with E-state index in [9.17, 15) is 0 Å². The van der Waals surface area contributed by atoms with Gasteiger partial charge < -0.3 is 10.2 Å². The van der Waals surface area contributed by atoms with Gasteiger partial charge in [-0.15, -0.1) is 0 Å². The van der Waals surface area contributed by atoms with Crippen molar-refractivity contribution in [3.8, 4) is 0 Å². The highest BCUT2D eigenvalue weighted by Crippen LogP contribution is 2.29. The van der Waals surface area contributed by atoms with Gasteiger partial charge in [0, 0.05) is 24.1 Å². The molecule has 0 unspecified atom stereocenters. The van der Waals surface area contributed by atoms with Crippen molar-refractivity contribution in [1.82, 2.24) is 5.32 Å². The molecule has 0 amide bonds. The maximum absolute atomic E-state index is 3.78. The zero-order valence-corrected chi connectivity index (χ0v) is 15.1. The molecule has 0 bridgehead atoms. The molecule has 1 fully saturated rings. The van der Waals surface area contributed by atoms with Gasteiger partial charge in [0.15, 0.2) is 0 Å². The molecule has 1 N–H and O–H groups in total. The number of benzene rings is 1. The van der Waals surface area contributed by atoms with Gasteiger partial charge in [-0.2, -0.15) is 0 Å². The lowest BCUT2D eigenvalue weighted by molar-refractivity contribution is 0.551. The number of anilines is 1. The van der Waals surface area contributed by atoms with Crippen LogP contribution in [0.3, 0.4) is 0 Å². The van der Waals surface area contributed by atoms with E-state index in [1.807, 2.05) is 0 Å². The largest absolute Gasteiger partial charge is 0.371 e. The summed E-state index contributed by atoms with van der Waals surface area (Å²) in [6.07, 6.45) is 6.82. The normalized spacial score (nSPS) is 16.9. The Morgan fingerprint density at radius 3 is 2.38 bits per heavy atom. The van der Waals surface area contributed by atoms with Crippen molar-refractivity contribution in [2.45, 2.75) is 52.5 Å². The van der Waals surface area contributed by atoms with E-state index in [4.69, 9.17) is 0 Å². The first-order valence-electron chi connectivity index (χ1n) is 8.41. The Kier molecular flexibility index (Phi) is 7.05. The first-order chi connectivity index (χ1) is 10.2. The van der Waals surface area contributed by atoms with Crippen LogP contribution in [-0.4, -0.2) is 19.6 Å². The van der Waals surface area contributed by atoms with Gasteiger partial charge >= 0.3 is 0 Å². The van der Waals surface area contributed by atoms with E-state index >= 15 is 0 Å². The number of rotatable bonds is 5. The van der Waals surface area contributed by atoms with Crippen molar-refractivity contribution >= 4 is 21.6 Å². The molecule has 1 saturated heterocycles. The highest BCUT2D eigenvalue weighted by molar-refractivity contribution is 9.10. The molecule has 0 aliphatic carbocycles. The van der Waals surface area contributed by atoms with Crippen LogP contribution in [0.5, 0.6) is 0 Å². The van der Waals surface area contributed by atoms with Crippen molar-refractivity contribution in [3.63, 3.8) is 0 Å². The second-order valence-electron chi connectivity index (χ2n) is 6.57. The van der Waals surface area contributed by atoms with E-state index in [1.165, 1.54) is 60.9 Å². The molecule has 1 aliphatic heterocycles. The third-order valence-corrected chi connectivity index (χ3v) is 4.73. The van der Waals surface area contributed by atoms with Crippen molar-refractivity contribution in [1.29, 1.82) is 0 Å². The number of hydrogen-bond donors (Lipinski definition) is 1. The highest BCUT2D eigenvalue weighted by atomic mass is 79.9. The van der Waals surface area contributed by atoms with Crippen LogP contribution in [0.2, 0.25) is 0 Å². The summed E-state index contributed by atoms with van der Waals surface area (Å²) >= 11 is 3.78. The van der Waals surface area contributed by atoms with Gasteiger partial charge in [-0.05, 0) is 58.9 Å².